The van der Waals surface area contributed by atoms with Gasteiger partial charge in [0.25, 0.3) is 0 Å². The summed E-state index contributed by atoms with van der Waals surface area (Å²) in [6.07, 6.45) is 0. The summed E-state index contributed by atoms with van der Waals surface area (Å²) >= 11 is 0. The van der Waals surface area contributed by atoms with E-state index in [1.165, 1.54) is 5.56 Å². The van der Waals surface area contributed by atoms with E-state index >= 15 is 0 Å². The van der Waals surface area contributed by atoms with Gasteiger partial charge < -0.3 is 15.4 Å². The average molecular weight is 278 g/mol. The molecule has 0 radical (unpaired) electrons. The zero-order chi connectivity index (χ0) is 15.1. The van der Waals surface area contributed by atoms with Crippen LogP contribution in [0.25, 0.3) is 0 Å². The second-order valence-corrected chi connectivity index (χ2v) is 5.55. The van der Waals surface area contributed by atoms with Gasteiger partial charge in [0.2, 0.25) is 5.91 Å². The number of carbonyl (C=O) groups is 1. The molecular weight excluding hydrogens is 252 g/mol. The Morgan fingerprint density at radius 2 is 1.80 bits per heavy atom. The van der Waals surface area contributed by atoms with Gasteiger partial charge in [0.15, 0.2) is 0 Å². The van der Waals surface area contributed by atoms with Crippen molar-refractivity contribution in [2.45, 2.75) is 39.8 Å². The highest BCUT2D eigenvalue weighted by Gasteiger charge is 2.20. The minimum Gasteiger partial charge on any atom is -0.383 e. The van der Waals surface area contributed by atoms with Gasteiger partial charge in [-0.1, -0.05) is 31.5 Å². The lowest BCUT2D eigenvalue weighted by molar-refractivity contribution is -0.118. The van der Waals surface area contributed by atoms with Gasteiger partial charge in [-0.2, -0.15) is 0 Å². The van der Waals surface area contributed by atoms with Crippen LogP contribution in [-0.2, 0) is 9.53 Å². The molecule has 0 aliphatic carbocycles. The number of methoxy groups -OCH3 is 1. The SMILES string of the molecule is COCC(NC(C)C(=O)Nc1ccc(C)cc1)C(C)C. The van der Waals surface area contributed by atoms with Crippen LogP contribution in [0.3, 0.4) is 0 Å². The van der Waals surface area contributed by atoms with E-state index in [9.17, 15) is 4.79 Å². The van der Waals surface area contributed by atoms with Crippen molar-refractivity contribution in [2.75, 3.05) is 19.0 Å². The molecular formula is C16H26N2O2. The van der Waals surface area contributed by atoms with Gasteiger partial charge >= 0.3 is 0 Å². The molecule has 0 saturated heterocycles. The Labute approximate surface area is 121 Å². The molecule has 0 aliphatic heterocycles. The first-order valence-corrected chi connectivity index (χ1v) is 7.06. The maximum absolute atomic E-state index is 12.1. The first kappa shape index (κ1) is 16.7. The number of benzene rings is 1. The van der Waals surface area contributed by atoms with Crippen LogP contribution >= 0.6 is 0 Å². The molecule has 2 unspecified atom stereocenters. The summed E-state index contributed by atoms with van der Waals surface area (Å²) in [7, 11) is 1.67. The molecule has 4 heteroatoms. The molecule has 2 atom stereocenters. The third kappa shape index (κ3) is 5.31. The molecule has 112 valence electrons. The van der Waals surface area contributed by atoms with E-state index in [1.54, 1.807) is 7.11 Å². The second kappa shape index (κ2) is 8.02. The lowest BCUT2D eigenvalue weighted by Gasteiger charge is -2.25. The molecule has 0 saturated carbocycles. The predicted octanol–water partition coefficient (Wildman–Crippen LogP) is 2.58. The summed E-state index contributed by atoms with van der Waals surface area (Å²) in [5.74, 6) is 0.375. The molecule has 0 spiro atoms. The lowest BCUT2D eigenvalue weighted by atomic mass is 10.0. The fraction of sp³-hybridized carbons (Fsp3) is 0.562. The van der Waals surface area contributed by atoms with E-state index < -0.39 is 0 Å². The Morgan fingerprint density at radius 1 is 1.20 bits per heavy atom. The van der Waals surface area contributed by atoms with Crippen LogP contribution in [0.5, 0.6) is 0 Å². The number of hydrogen-bond acceptors (Lipinski definition) is 3. The monoisotopic (exact) mass is 278 g/mol. The fourth-order valence-electron chi connectivity index (χ4n) is 1.90. The average Bonchev–Trinajstić information content (AvgIpc) is 2.40. The van der Waals surface area contributed by atoms with Gasteiger partial charge in [-0.15, -0.1) is 0 Å². The van der Waals surface area contributed by atoms with Gasteiger partial charge in [-0.3, -0.25) is 4.79 Å². The summed E-state index contributed by atoms with van der Waals surface area (Å²) in [5.41, 5.74) is 2.00. The molecule has 0 heterocycles. The molecule has 2 N–H and O–H groups in total. The van der Waals surface area contributed by atoms with Crippen molar-refractivity contribution in [1.29, 1.82) is 0 Å². The van der Waals surface area contributed by atoms with Crippen molar-refractivity contribution in [2.24, 2.45) is 5.92 Å². The highest BCUT2D eigenvalue weighted by molar-refractivity contribution is 5.94. The molecule has 0 aromatic heterocycles. The molecule has 1 aromatic rings. The Morgan fingerprint density at radius 3 is 2.30 bits per heavy atom. The molecule has 20 heavy (non-hydrogen) atoms. The summed E-state index contributed by atoms with van der Waals surface area (Å²) in [4.78, 5) is 12.1. The third-order valence-corrected chi connectivity index (χ3v) is 3.33. The van der Waals surface area contributed by atoms with Crippen LogP contribution in [0.4, 0.5) is 5.69 Å². The van der Waals surface area contributed by atoms with E-state index in [-0.39, 0.29) is 18.0 Å². The molecule has 1 amide bonds. The highest BCUT2D eigenvalue weighted by Crippen LogP contribution is 2.09. The third-order valence-electron chi connectivity index (χ3n) is 3.33. The van der Waals surface area contributed by atoms with E-state index in [4.69, 9.17) is 4.74 Å². The first-order valence-electron chi connectivity index (χ1n) is 7.06. The van der Waals surface area contributed by atoms with Crippen molar-refractivity contribution >= 4 is 11.6 Å². The quantitative estimate of drug-likeness (QED) is 0.806. The topological polar surface area (TPSA) is 50.4 Å². The first-order chi connectivity index (χ1) is 9.43. The van der Waals surface area contributed by atoms with E-state index in [1.807, 2.05) is 38.1 Å². The van der Waals surface area contributed by atoms with Crippen molar-refractivity contribution in [3.05, 3.63) is 29.8 Å². The normalized spacial score (nSPS) is 14.1. The largest absolute Gasteiger partial charge is 0.383 e. The lowest BCUT2D eigenvalue weighted by Crippen LogP contribution is -2.48. The second-order valence-electron chi connectivity index (χ2n) is 5.55. The number of carbonyl (C=O) groups excluding carboxylic acids is 1. The predicted molar refractivity (Wildman–Crippen MR) is 82.9 cm³/mol. The molecule has 0 aliphatic rings. The van der Waals surface area contributed by atoms with Crippen LogP contribution in [0, 0.1) is 12.8 Å². The number of anilines is 1. The van der Waals surface area contributed by atoms with E-state index in [0.717, 1.165) is 5.69 Å². The number of amides is 1. The molecule has 1 rings (SSSR count). The van der Waals surface area contributed by atoms with Crippen molar-refractivity contribution in [3.8, 4) is 0 Å². The van der Waals surface area contributed by atoms with E-state index in [2.05, 4.69) is 24.5 Å². The van der Waals surface area contributed by atoms with Crippen LogP contribution < -0.4 is 10.6 Å². The summed E-state index contributed by atoms with van der Waals surface area (Å²) in [6.45, 7) is 8.71. The van der Waals surface area contributed by atoms with Crippen molar-refractivity contribution in [3.63, 3.8) is 0 Å². The molecule has 4 nitrogen and oxygen atoms in total. The number of aryl methyl sites for hydroxylation is 1. The van der Waals surface area contributed by atoms with Gasteiger partial charge in [0, 0.05) is 18.8 Å². The Balaban J connectivity index is 2.55. The van der Waals surface area contributed by atoms with Gasteiger partial charge in [0.05, 0.1) is 12.6 Å². The smallest absolute Gasteiger partial charge is 0.241 e. The highest BCUT2D eigenvalue weighted by atomic mass is 16.5. The zero-order valence-corrected chi connectivity index (χ0v) is 13.1. The van der Waals surface area contributed by atoms with Crippen LogP contribution in [-0.4, -0.2) is 31.7 Å². The Hall–Kier alpha value is -1.39. The van der Waals surface area contributed by atoms with Crippen LogP contribution in [0.15, 0.2) is 24.3 Å². The number of nitrogens with one attached hydrogen (secondary N) is 2. The van der Waals surface area contributed by atoms with Gasteiger partial charge in [-0.25, -0.2) is 0 Å². The van der Waals surface area contributed by atoms with Crippen molar-refractivity contribution < 1.29 is 9.53 Å². The van der Waals surface area contributed by atoms with Crippen molar-refractivity contribution in [1.82, 2.24) is 5.32 Å². The maximum atomic E-state index is 12.1. The Bertz CT molecular complexity index is 415. The standard InChI is InChI=1S/C16H26N2O2/c1-11(2)15(10-20-5)17-13(4)16(19)18-14-8-6-12(3)7-9-14/h6-9,11,13,15,17H,10H2,1-5H3,(H,18,19). The zero-order valence-electron chi connectivity index (χ0n) is 13.1. The molecule has 0 bridgehead atoms. The van der Waals surface area contributed by atoms with Gasteiger partial charge in [-0.05, 0) is 31.9 Å². The van der Waals surface area contributed by atoms with Crippen LogP contribution in [0.1, 0.15) is 26.3 Å². The van der Waals surface area contributed by atoms with Crippen LogP contribution in [0.2, 0.25) is 0 Å². The maximum Gasteiger partial charge on any atom is 0.241 e. The number of rotatable bonds is 7. The number of hydrogen-bond donors (Lipinski definition) is 2. The Kier molecular flexibility index (Phi) is 6.68. The fourth-order valence-corrected chi connectivity index (χ4v) is 1.90. The molecule has 1 aromatic carbocycles. The minimum absolute atomic E-state index is 0.0318. The minimum atomic E-state index is -0.265. The van der Waals surface area contributed by atoms with Gasteiger partial charge in [0.1, 0.15) is 0 Å². The summed E-state index contributed by atoms with van der Waals surface area (Å²) in [5, 5.41) is 6.22. The number of ether oxygens (including phenoxy) is 1. The summed E-state index contributed by atoms with van der Waals surface area (Å²) < 4.78 is 5.18. The van der Waals surface area contributed by atoms with E-state index in [0.29, 0.717) is 12.5 Å². The molecule has 0 fully saturated rings. The summed E-state index contributed by atoms with van der Waals surface area (Å²) in [6, 6.07) is 7.69.